The summed E-state index contributed by atoms with van der Waals surface area (Å²) in [5.74, 6) is -0.618. The van der Waals surface area contributed by atoms with Crippen LogP contribution in [0.15, 0.2) is 36.4 Å². The summed E-state index contributed by atoms with van der Waals surface area (Å²) in [7, 11) is 0. The molecule has 0 aliphatic rings. The number of nitrogens with one attached hydrogen (secondary N) is 1. The van der Waals surface area contributed by atoms with Crippen molar-refractivity contribution in [1.29, 1.82) is 0 Å². The van der Waals surface area contributed by atoms with Gasteiger partial charge >= 0.3 is 6.18 Å². The van der Waals surface area contributed by atoms with Crippen LogP contribution in [0.25, 0.3) is 0 Å². The highest BCUT2D eigenvalue weighted by Gasteiger charge is 2.34. The average molecular weight is 399 g/mol. The summed E-state index contributed by atoms with van der Waals surface area (Å²) in [6, 6.07) is 7.24. The Morgan fingerprint density at radius 1 is 1.04 bits per heavy atom. The van der Waals surface area contributed by atoms with Crippen LogP contribution in [0.2, 0.25) is 15.1 Å². The summed E-state index contributed by atoms with van der Waals surface area (Å²) < 4.78 is 43.9. The van der Waals surface area contributed by atoms with E-state index in [4.69, 9.17) is 39.5 Å². The number of halogens is 6. The molecule has 3 nitrogen and oxygen atoms in total. The molecule has 0 spiro atoms. The molecule has 0 unspecified atom stereocenters. The van der Waals surface area contributed by atoms with Crippen molar-refractivity contribution in [1.82, 2.24) is 0 Å². The lowest BCUT2D eigenvalue weighted by Crippen LogP contribution is -2.22. The van der Waals surface area contributed by atoms with E-state index < -0.39 is 29.9 Å². The minimum Gasteiger partial charge on any atom is -0.482 e. The minimum atomic E-state index is -4.63. The molecule has 2 aromatic carbocycles. The van der Waals surface area contributed by atoms with Crippen molar-refractivity contribution in [3.8, 4) is 5.75 Å². The van der Waals surface area contributed by atoms with Crippen molar-refractivity contribution in [3.05, 3.63) is 57.0 Å². The monoisotopic (exact) mass is 397 g/mol. The minimum absolute atomic E-state index is 0.0555. The first kappa shape index (κ1) is 18.7. The van der Waals surface area contributed by atoms with Gasteiger partial charge in [0, 0.05) is 10.0 Å². The van der Waals surface area contributed by atoms with Gasteiger partial charge in [-0.2, -0.15) is 13.2 Å². The number of hydrogen-bond donors (Lipinski definition) is 1. The highest BCUT2D eigenvalue weighted by molar-refractivity contribution is 6.35. The van der Waals surface area contributed by atoms with E-state index >= 15 is 0 Å². The molecule has 0 radical (unpaired) electrons. The van der Waals surface area contributed by atoms with Crippen LogP contribution in [0.3, 0.4) is 0 Å². The maximum Gasteiger partial charge on any atom is 0.418 e. The molecule has 2 aromatic rings. The lowest BCUT2D eigenvalue weighted by molar-refractivity contribution is -0.137. The molecule has 0 aromatic heterocycles. The maximum absolute atomic E-state index is 12.9. The lowest BCUT2D eigenvalue weighted by atomic mass is 10.1. The smallest absolute Gasteiger partial charge is 0.418 e. The summed E-state index contributed by atoms with van der Waals surface area (Å²) in [5, 5.41) is 2.73. The third-order valence-electron chi connectivity index (χ3n) is 2.81. The second-order valence-corrected chi connectivity index (χ2v) is 5.88. The Labute approximate surface area is 150 Å². The quantitative estimate of drug-likeness (QED) is 0.719. The molecule has 9 heteroatoms. The van der Waals surface area contributed by atoms with Gasteiger partial charge in [0.1, 0.15) is 5.75 Å². The van der Waals surface area contributed by atoms with E-state index in [0.29, 0.717) is 5.02 Å². The number of alkyl halides is 3. The summed E-state index contributed by atoms with van der Waals surface area (Å²) in [6.45, 7) is -0.537. The molecule has 0 atom stereocenters. The Morgan fingerprint density at radius 2 is 1.67 bits per heavy atom. The summed E-state index contributed by atoms with van der Waals surface area (Å²) >= 11 is 17.3. The van der Waals surface area contributed by atoms with Gasteiger partial charge in [-0.25, -0.2) is 0 Å². The number of carbonyl (C=O) groups excluding carboxylic acids is 1. The molecule has 0 bridgehead atoms. The van der Waals surface area contributed by atoms with E-state index in [9.17, 15) is 18.0 Å². The lowest BCUT2D eigenvalue weighted by Gasteiger charge is -2.14. The van der Waals surface area contributed by atoms with E-state index in [-0.39, 0.29) is 15.8 Å². The molecular weight excluding hydrogens is 390 g/mol. The van der Waals surface area contributed by atoms with Crippen molar-refractivity contribution in [3.63, 3.8) is 0 Å². The number of anilines is 1. The van der Waals surface area contributed by atoms with Gasteiger partial charge in [0.15, 0.2) is 6.61 Å². The fourth-order valence-electron chi connectivity index (χ4n) is 1.79. The summed E-state index contributed by atoms with van der Waals surface area (Å²) in [6.07, 6.45) is -4.63. The van der Waals surface area contributed by atoms with Crippen molar-refractivity contribution >= 4 is 46.4 Å². The number of carbonyl (C=O) groups is 1. The molecular formula is C15H9Cl3F3NO2. The molecule has 0 saturated carbocycles. The molecule has 0 aliphatic carbocycles. The first-order valence-electron chi connectivity index (χ1n) is 6.41. The number of hydrogen-bond acceptors (Lipinski definition) is 2. The van der Waals surface area contributed by atoms with Crippen molar-refractivity contribution in [2.45, 2.75) is 6.18 Å². The van der Waals surface area contributed by atoms with Crippen molar-refractivity contribution < 1.29 is 22.7 Å². The molecule has 1 N–H and O–H groups in total. The highest BCUT2D eigenvalue weighted by atomic mass is 35.5. The van der Waals surface area contributed by atoms with Crippen LogP contribution in [0, 0.1) is 0 Å². The van der Waals surface area contributed by atoms with Gasteiger partial charge < -0.3 is 10.1 Å². The van der Waals surface area contributed by atoms with Crippen LogP contribution in [0.4, 0.5) is 18.9 Å². The standard InChI is InChI=1S/C15H9Cl3F3NO2/c16-8-2-4-13(11(18)5-8)24-7-14(23)22-12-6-9(17)1-3-10(12)15(19,20)21/h1-6H,7H2,(H,22,23). The molecule has 0 saturated heterocycles. The first-order valence-corrected chi connectivity index (χ1v) is 7.54. The van der Waals surface area contributed by atoms with Crippen LogP contribution in [0.1, 0.15) is 5.56 Å². The molecule has 24 heavy (non-hydrogen) atoms. The van der Waals surface area contributed by atoms with E-state index in [1.165, 1.54) is 18.2 Å². The second kappa shape index (κ2) is 7.51. The summed E-state index contributed by atoms with van der Waals surface area (Å²) in [5.41, 5.74) is -1.46. The van der Waals surface area contributed by atoms with E-state index in [2.05, 4.69) is 5.32 Å². The van der Waals surface area contributed by atoms with Gasteiger partial charge in [-0.3, -0.25) is 4.79 Å². The molecule has 128 valence electrons. The van der Waals surface area contributed by atoms with Gasteiger partial charge in [-0.1, -0.05) is 34.8 Å². The van der Waals surface area contributed by atoms with Gasteiger partial charge in [0.2, 0.25) is 0 Å². The Hall–Kier alpha value is -1.63. The molecule has 1 amide bonds. The second-order valence-electron chi connectivity index (χ2n) is 4.60. The van der Waals surface area contributed by atoms with Crippen LogP contribution < -0.4 is 10.1 Å². The van der Waals surface area contributed by atoms with Crippen LogP contribution >= 0.6 is 34.8 Å². The van der Waals surface area contributed by atoms with Gasteiger partial charge in [-0.15, -0.1) is 0 Å². The van der Waals surface area contributed by atoms with E-state index in [1.54, 1.807) is 0 Å². The SMILES string of the molecule is O=C(COc1ccc(Cl)cc1Cl)Nc1cc(Cl)ccc1C(F)(F)F. The molecule has 2 rings (SSSR count). The van der Waals surface area contributed by atoms with Gasteiger partial charge in [0.25, 0.3) is 5.91 Å². The Balaban J connectivity index is 2.09. The third-order valence-corrected chi connectivity index (χ3v) is 3.58. The molecule has 0 heterocycles. The predicted octanol–water partition coefficient (Wildman–Crippen LogP) is 5.68. The average Bonchev–Trinajstić information content (AvgIpc) is 2.45. The zero-order valence-corrected chi connectivity index (χ0v) is 14.0. The van der Waals surface area contributed by atoms with Crippen LogP contribution in [-0.4, -0.2) is 12.5 Å². The Kier molecular flexibility index (Phi) is 5.85. The zero-order chi connectivity index (χ0) is 17.9. The first-order chi connectivity index (χ1) is 11.2. The fraction of sp³-hybridized carbons (Fsp3) is 0.133. The third kappa shape index (κ3) is 4.93. The maximum atomic E-state index is 12.9. The Bertz CT molecular complexity index is 766. The normalized spacial score (nSPS) is 11.2. The molecule has 0 fully saturated rings. The topological polar surface area (TPSA) is 38.3 Å². The summed E-state index contributed by atoms with van der Waals surface area (Å²) in [4.78, 5) is 11.8. The Morgan fingerprint density at radius 3 is 2.29 bits per heavy atom. The molecule has 0 aliphatic heterocycles. The van der Waals surface area contributed by atoms with Crippen molar-refractivity contribution in [2.75, 3.05) is 11.9 Å². The van der Waals surface area contributed by atoms with Gasteiger partial charge in [-0.05, 0) is 36.4 Å². The largest absolute Gasteiger partial charge is 0.482 e. The number of benzene rings is 2. The van der Waals surface area contributed by atoms with E-state index in [0.717, 1.165) is 18.2 Å². The van der Waals surface area contributed by atoms with E-state index in [1.807, 2.05) is 0 Å². The zero-order valence-electron chi connectivity index (χ0n) is 11.8. The number of ether oxygens (including phenoxy) is 1. The number of amides is 1. The van der Waals surface area contributed by atoms with Crippen molar-refractivity contribution in [2.24, 2.45) is 0 Å². The fourth-order valence-corrected chi connectivity index (χ4v) is 2.42. The predicted molar refractivity (Wildman–Crippen MR) is 87.0 cm³/mol. The van der Waals surface area contributed by atoms with Gasteiger partial charge in [0.05, 0.1) is 16.3 Å². The van der Waals surface area contributed by atoms with Crippen LogP contribution in [-0.2, 0) is 11.0 Å². The number of rotatable bonds is 4. The highest BCUT2D eigenvalue weighted by Crippen LogP contribution is 2.36. The van der Waals surface area contributed by atoms with Crippen LogP contribution in [0.5, 0.6) is 5.75 Å².